The Morgan fingerprint density at radius 1 is 0.300 bits per heavy atom. The van der Waals surface area contributed by atoms with E-state index < -0.39 is 0 Å². The van der Waals surface area contributed by atoms with Crippen LogP contribution in [0.1, 0.15) is 267 Å². The lowest BCUT2D eigenvalue weighted by molar-refractivity contribution is 0.0635. The molecule has 0 saturated heterocycles. The van der Waals surface area contributed by atoms with Gasteiger partial charge in [-0.05, 0) is 166 Å². The van der Waals surface area contributed by atoms with E-state index in [-0.39, 0.29) is 35.4 Å². The predicted octanol–water partition coefficient (Wildman–Crippen LogP) is 28.4. The molecule has 0 fully saturated rings. The molecule has 0 saturated carbocycles. The molecule has 572 valence electrons. The summed E-state index contributed by atoms with van der Waals surface area (Å²) in [6.07, 6.45) is 21.3. The number of aryl methyl sites for hydroxylation is 6. The van der Waals surface area contributed by atoms with Gasteiger partial charge in [-0.15, -0.1) is 113 Å². The van der Waals surface area contributed by atoms with Gasteiger partial charge in [0.15, 0.2) is 0 Å². The van der Waals surface area contributed by atoms with Gasteiger partial charge in [0, 0.05) is 104 Å². The normalized spacial score (nSPS) is 13.9. The minimum atomic E-state index is -0.209. The summed E-state index contributed by atoms with van der Waals surface area (Å²) in [4.78, 5) is 106. The molecule has 0 N–H and O–H groups in total. The highest BCUT2D eigenvalue weighted by Crippen LogP contribution is 2.58. The van der Waals surface area contributed by atoms with Gasteiger partial charge in [-0.2, -0.15) is 0 Å². The summed E-state index contributed by atoms with van der Waals surface area (Å²) in [5.74, 6) is 0.571. The number of fused-ring (bicyclic) bond motifs is 9. The first kappa shape index (κ1) is 77.2. The Kier molecular flexibility index (Phi) is 22.6. The third kappa shape index (κ3) is 13.5. The van der Waals surface area contributed by atoms with Gasteiger partial charge in [0.25, 0.3) is 35.4 Å². The molecule has 11 nitrogen and oxygen atoms in total. The maximum absolute atomic E-state index is 15.2. The number of unbranched alkanes of at least 4 members (excludes halogenated alkanes) is 15. The zero-order valence-corrected chi connectivity index (χ0v) is 72.9. The van der Waals surface area contributed by atoms with Crippen molar-refractivity contribution in [3.63, 3.8) is 0 Å². The number of ether oxygens (including phenoxy) is 2. The summed E-state index contributed by atoms with van der Waals surface area (Å²) in [6.45, 7) is 26.2. The standard InChI is InChI=1S/C89H93N3O8S10/c1-12-17-20-23-26-29-34-90-84(93)66-51(11)102-81(68(66)86(90)95)63-43-56-50(10)75-54(49(9)77(56)107-63)42-61(105-75)59-32-33-60(104-59)80-70-71(89(98)92(88(70)97)36-31-28-25-22-19-14-3)83(110-80)64-44-55-48(8)74-53(47(7)76(55)108-64)40-52(103-74)41-62-67-69(87(96)91(85(67)94)35-30-27-24-21-18-13-2)82(106-62)65-45-58-73(100-38-16-5)78-57(39-46(6)101-78)72(79(58)109-65)99-37-15-4/h32-33,39-40,42-45H,12-31,34-38,41H2,1-11H3. The van der Waals surface area contributed by atoms with Crippen LogP contribution in [0.25, 0.3) is 109 Å². The largest absolute Gasteiger partial charge is 0.491 e. The van der Waals surface area contributed by atoms with Crippen molar-refractivity contribution >= 4 is 209 Å². The topological polar surface area (TPSA) is 131 Å². The number of amides is 6. The van der Waals surface area contributed by atoms with Gasteiger partial charge in [0.05, 0.1) is 75.5 Å². The first-order chi connectivity index (χ1) is 53.4. The molecule has 10 aromatic heterocycles. The van der Waals surface area contributed by atoms with Crippen LogP contribution in [-0.2, 0) is 6.42 Å². The zero-order valence-electron chi connectivity index (χ0n) is 64.7. The fraction of sp³-hybridized carbons (Fsp3) is 0.416. The molecule has 6 amide bonds. The molecule has 21 heteroatoms. The first-order valence-corrected chi connectivity index (χ1v) is 47.9. The lowest BCUT2D eigenvalue weighted by atomic mass is 10.0. The SMILES string of the molecule is CCCCCCCCN1C(=O)c2c(C)sc(-c3cc4c(C)c5sc(-c6ccc(-c7sc(-c8cc9c(C)c%10sc(Cc%11sc(-c%12cc%13c(OCCC)c%14sc(C)cc%14c(OCCC)c%13s%12)c%12c%11C(=O)N(CCCCCCCC)C%12=O)cc%10c(C)c9s8)c8c7C(=O)N(CCCCCCCC)C8=O)s6)cc5c(C)c4s3)c2C1=O. The lowest BCUT2D eigenvalue weighted by Gasteiger charge is -2.14. The van der Waals surface area contributed by atoms with E-state index in [1.807, 2.05) is 6.92 Å². The summed E-state index contributed by atoms with van der Waals surface area (Å²) in [5.41, 5.74) is 7.91. The highest BCUT2D eigenvalue weighted by molar-refractivity contribution is 7.32. The average Bonchev–Trinajstić information content (AvgIpc) is 1.57. The van der Waals surface area contributed by atoms with Crippen LogP contribution in [0.2, 0.25) is 0 Å². The van der Waals surface area contributed by atoms with Crippen molar-refractivity contribution in [2.24, 2.45) is 0 Å². The van der Waals surface area contributed by atoms with E-state index >= 15 is 19.2 Å². The molecule has 3 aliphatic rings. The monoisotopic (exact) mass is 1650 g/mol. The molecular weight excluding hydrogens is 1560 g/mol. The van der Waals surface area contributed by atoms with E-state index in [1.54, 1.807) is 113 Å². The van der Waals surface area contributed by atoms with Crippen molar-refractivity contribution in [3.05, 3.63) is 124 Å². The maximum Gasteiger partial charge on any atom is 0.263 e. The van der Waals surface area contributed by atoms with Crippen molar-refractivity contribution in [1.82, 2.24) is 14.7 Å². The number of thiophene rings is 10. The molecular formula is C89H93N3O8S10. The Morgan fingerprint density at radius 3 is 1.17 bits per heavy atom. The number of carbonyl (C=O) groups excluding carboxylic acids is 6. The molecule has 16 rings (SSSR count). The van der Waals surface area contributed by atoms with Gasteiger partial charge in [0.1, 0.15) is 11.5 Å². The van der Waals surface area contributed by atoms with Gasteiger partial charge < -0.3 is 9.47 Å². The van der Waals surface area contributed by atoms with Crippen LogP contribution < -0.4 is 9.47 Å². The second kappa shape index (κ2) is 32.3. The number of rotatable bonds is 34. The van der Waals surface area contributed by atoms with Crippen LogP contribution >= 0.6 is 113 Å². The molecule has 0 radical (unpaired) electrons. The number of benzene rings is 3. The number of hydrogen-bond donors (Lipinski definition) is 0. The minimum Gasteiger partial charge on any atom is -0.491 e. The number of hydrogen-bond acceptors (Lipinski definition) is 18. The van der Waals surface area contributed by atoms with E-state index in [1.165, 1.54) is 82.3 Å². The third-order valence-electron chi connectivity index (χ3n) is 22.4. The fourth-order valence-corrected chi connectivity index (χ4v) is 29.0. The third-order valence-corrected chi connectivity index (χ3v) is 35.0. The summed E-state index contributed by atoms with van der Waals surface area (Å²) >= 11 is 16.7. The van der Waals surface area contributed by atoms with E-state index in [2.05, 4.69) is 118 Å². The lowest BCUT2D eigenvalue weighted by Crippen LogP contribution is -2.31. The first-order valence-electron chi connectivity index (χ1n) is 39.7. The Morgan fingerprint density at radius 2 is 0.664 bits per heavy atom. The van der Waals surface area contributed by atoms with Crippen LogP contribution in [0.4, 0.5) is 0 Å². The highest BCUT2D eigenvalue weighted by atomic mass is 32.1. The molecule has 13 aromatic rings. The minimum absolute atomic E-state index is 0.152. The fourth-order valence-electron chi connectivity index (χ4n) is 16.6. The van der Waals surface area contributed by atoms with Crippen molar-refractivity contribution in [3.8, 4) is 60.3 Å². The number of imide groups is 3. The molecule has 0 spiro atoms. The second-order valence-electron chi connectivity index (χ2n) is 30.1. The molecule has 3 aliphatic heterocycles. The summed E-state index contributed by atoms with van der Waals surface area (Å²) < 4.78 is 20.1. The molecule has 0 aliphatic carbocycles. The molecule has 0 unspecified atom stereocenters. The Balaban J connectivity index is 0.725. The van der Waals surface area contributed by atoms with Crippen LogP contribution in [0.3, 0.4) is 0 Å². The molecule has 13 heterocycles. The average molecular weight is 1650 g/mol. The van der Waals surface area contributed by atoms with E-state index in [9.17, 15) is 9.59 Å². The van der Waals surface area contributed by atoms with Crippen LogP contribution in [0.15, 0.2) is 48.5 Å². The number of carbonyl (C=O) groups is 6. The van der Waals surface area contributed by atoms with E-state index in [0.29, 0.717) is 72.6 Å². The van der Waals surface area contributed by atoms with Crippen molar-refractivity contribution < 1.29 is 38.2 Å². The Labute approximate surface area is 683 Å². The van der Waals surface area contributed by atoms with E-state index in [4.69, 9.17) is 9.47 Å². The van der Waals surface area contributed by atoms with Crippen LogP contribution in [0.5, 0.6) is 11.5 Å². The Bertz CT molecular complexity index is 5680. The predicted molar refractivity (Wildman–Crippen MR) is 473 cm³/mol. The van der Waals surface area contributed by atoms with E-state index in [0.717, 1.165) is 223 Å². The maximum atomic E-state index is 15.2. The van der Waals surface area contributed by atoms with Crippen LogP contribution in [0, 0.1) is 41.5 Å². The number of nitrogens with zero attached hydrogens (tertiary/aromatic N) is 3. The van der Waals surface area contributed by atoms with Crippen molar-refractivity contribution in [2.75, 3.05) is 32.8 Å². The zero-order chi connectivity index (χ0) is 76.7. The highest BCUT2D eigenvalue weighted by Gasteiger charge is 2.46. The van der Waals surface area contributed by atoms with Gasteiger partial charge >= 0.3 is 0 Å². The second-order valence-corrected chi connectivity index (χ2v) is 41.1. The quantitative estimate of drug-likeness (QED) is 0.0288. The molecule has 0 bridgehead atoms. The molecule has 0 atom stereocenters. The summed E-state index contributed by atoms with van der Waals surface area (Å²) in [5, 5.41) is 6.64. The van der Waals surface area contributed by atoms with Gasteiger partial charge in [-0.3, -0.25) is 43.5 Å². The summed E-state index contributed by atoms with van der Waals surface area (Å²) in [7, 11) is 0. The molecule has 110 heavy (non-hydrogen) atoms. The van der Waals surface area contributed by atoms with Crippen LogP contribution in [-0.4, -0.2) is 83.0 Å². The molecule has 3 aromatic carbocycles. The Hall–Kier alpha value is -6.76. The van der Waals surface area contributed by atoms with Gasteiger partial charge in [-0.25, -0.2) is 0 Å². The van der Waals surface area contributed by atoms with Crippen molar-refractivity contribution in [2.45, 2.75) is 211 Å². The summed E-state index contributed by atoms with van der Waals surface area (Å²) in [6, 6.07) is 17.8. The smallest absolute Gasteiger partial charge is 0.263 e. The van der Waals surface area contributed by atoms with Crippen molar-refractivity contribution in [1.29, 1.82) is 0 Å². The van der Waals surface area contributed by atoms with Gasteiger partial charge in [0.2, 0.25) is 0 Å². The van der Waals surface area contributed by atoms with Gasteiger partial charge in [-0.1, -0.05) is 131 Å².